The molecule has 3 aromatic heterocycles. The molecule has 0 radical (unpaired) electrons. The average Bonchev–Trinajstić information content (AvgIpc) is 3.31. The summed E-state index contributed by atoms with van der Waals surface area (Å²) in [5.41, 5.74) is 2.08. The van der Waals surface area contributed by atoms with Gasteiger partial charge in [-0.2, -0.15) is 13.5 Å². The Kier molecular flexibility index (Phi) is 12.1. The fraction of sp³-hybridized carbons (Fsp3) is 0.400. The first-order valence-electron chi connectivity index (χ1n) is 8.91. The van der Waals surface area contributed by atoms with E-state index in [1.54, 1.807) is 32.4 Å². The van der Waals surface area contributed by atoms with Gasteiger partial charge in [-0.15, -0.1) is 11.3 Å². The van der Waals surface area contributed by atoms with Gasteiger partial charge in [0.2, 0.25) is 11.8 Å². The van der Waals surface area contributed by atoms with E-state index >= 15 is 0 Å². The van der Waals surface area contributed by atoms with Gasteiger partial charge in [0.25, 0.3) is 0 Å². The lowest BCUT2D eigenvalue weighted by molar-refractivity contribution is 0.216. The Balaban J connectivity index is 0.000000884. The summed E-state index contributed by atoms with van der Waals surface area (Å²) in [6.45, 7) is 8.16. The Hall–Kier alpha value is -2.23. The van der Waals surface area contributed by atoms with Crippen molar-refractivity contribution in [2.24, 2.45) is 0 Å². The second kappa shape index (κ2) is 13.1. The monoisotopic (exact) mass is 437 g/mol. The van der Waals surface area contributed by atoms with E-state index in [0.717, 1.165) is 15.4 Å². The second-order valence-corrected chi connectivity index (χ2v) is 6.75. The predicted octanol–water partition coefficient (Wildman–Crippen LogP) is 5.21. The number of aromatic nitrogens is 3. The number of rotatable bonds is 2. The molecule has 0 spiro atoms. The van der Waals surface area contributed by atoms with Gasteiger partial charge in [-0.05, 0) is 26.0 Å². The summed E-state index contributed by atoms with van der Waals surface area (Å²) < 4.78 is 5.70. The van der Waals surface area contributed by atoms with Gasteiger partial charge in [0.05, 0.1) is 11.9 Å². The van der Waals surface area contributed by atoms with Crippen LogP contribution in [0.3, 0.4) is 0 Å². The van der Waals surface area contributed by atoms with Crippen molar-refractivity contribution in [2.45, 2.75) is 47.6 Å². The first kappa shape index (κ1) is 26.8. The van der Waals surface area contributed by atoms with Gasteiger partial charge in [-0.25, -0.2) is 9.97 Å². The molecule has 0 saturated heterocycles. The van der Waals surface area contributed by atoms with Gasteiger partial charge < -0.3 is 20.2 Å². The van der Waals surface area contributed by atoms with Crippen LogP contribution in [0.25, 0.3) is 21.3 Å². The Morgan fingerprint density at radius 1 is 1.28 bits per heavy atom. The molecule has 3 N–H and O–H groups in total. The minimum Gasteiger partial charge on any atom is -0.419 e. The van der Waals surface area contributed by atoms with Gasteiger partial charge >= 0.3 is 0 Å². The van der Waals surface area contributed by atoms with Crippen LogP contribution in [0.1, 0.15) is 47.2 Å². The number of fused-ring (bicyclic) bond motifs is 1. The van der Waals surface area contributed by atoms with Gasteiger partial charge in [-0.3, -0.25) is 4.98 Å². The molecule has 1 aliphatic heterocycles. The largest absolute Gasteiger partial charge is 0.419 e. The van der Waals surface area contributed by atoms with Crippen LogP contribution in [0, 0.1) is 5.41 Å². The highest BCUT2D eigenvalue weighted by atomic mass is 32.1. The maximum Gasteiger partial charge on any atom is 0.241 e. The summed E-state index contributed by atoms with van der Waals surface area (Å²) in [5.74, 6) is 1.09. The number of nitrogens with one attached hydrogen (secondary N) is 2. The zero-order valence-corrected chi connectivity index (χ0v) is 18.3. The van der Waals surface area contributed by atoms with Crippen molar-refractivity contribution in [3.8, 4) is 21.3 Å². The highest BCUT2D eigenvalue weighted by molar-refractivity contribution is 7.59. The third-order valence-electron chi connectivity index (χ3n) is 3.20. The molecule has 0 aliphatic carbocycles. The maximum absolute atomic E-state index is 8.06. The van der Waals surface area contributed by atoms with E-state index in [-0.39, 0.29) is 27.0 Å². The number of anilines is 1. The standard InChI is InChI=1S/C14H11N5OS.C3H8O.C2H6.CH4.H2S/c15-9-3-5-17-13-11(9)19-12(20-13)10-7-18-14(21-10)8-2-1-4-16-6-8;1-3(2)4;1-2;;/h1-2,4,6-7,15,17H,3,5H2;3-4H,1-2H3;1-2H3;1H4;1H2. The van der Waals surface area contributed by atoms with Crippen molar-refractivity contribution in [2.75, 3.05) is 11.9 Å². The number of aliphatic hydroxyl groups is 1. The van der Waals surface area contributed by atoms with E-state index in [1.165, 1.54) is 11.3 Å². The lowest BCUT2D eigenvalue weighted by atomic mass is 10.1. The lowest BCUT2D eigenvalue weighted by Crippen LogP contribution is -2.16. The molecule has 0 atom stereocenters. The predicted molar refractivity (Wildman–Crippen MR) is 127 cm³/mol. The van der Waals surface area contributed by atoms with Crippen LogP contribution in [0.5, 0.6) is 0 Å². The topological polar surface area (TPSA) is 108 Å². The summed E-state index contributed by atoms with van der Waals surface area (Å²) in [6.07, 6.45) is 5.76. The molecule has 29 heavy (non-hydrogen) atoms. The van der Waals surface area contributed by atoms with E-state index in [9.17, 15) is 0 Å². The van der Waals surface area contributed by atoms with Crippen molar-refractivity contribution in [1.29, 1.82) is 5.41 Å². The normalized spacial score (nSPS) is 11.4. The first-order valence-corrected chi connectivity index (χ1v) is 9.73. The average molecular weight is 438 g/mol. The quantitative estimate of drug-likeness (QED) is 0.508. The molecule has 1 aliphatic rings. The summed E-state index contributed by atoms with van der Waals surface area (Å²) in [7, 11) is 0. The summed E-state index contributed by atoms with van der Waals surface area (Å²) >= 11 is 1.50. The lowest BCUT2D eigenvalue weighted by Gasteiger charge is -2.10. The molecule has 0 saturated carbocycles. The van der Waals surface area contributed by atoms with E-state index in [1.807, 2.05) is 26.0 Å². The van der Waals surface area contributed by atoms with E-state index in [4.69, 9.17) is 14.9 Å². The zero-order valence-electron chi connectivity index (χ0n) is 16.5. The molecule has 3 aromatic rings. The number of hydrogen-bond donors (Lipinski definition) is 3. The minimum absolute atomic E-state index is 0. The Bertz CT molecular complexity index is 860. The molecule has 0 unspecified atom stereocenters. The molecule has 0 amide bonds. The summed E-state index contributed by atoms with van der Waals surface area (Å²) in [6, 6.07) is 3.85. The number of oxazole rings is 1. The molecule has 160 valence electrons. The Morgan fingerprint density at radius 2 is 1.97 bits per heavy atom. The van der Waals surface area contributed by atoms with Gasteiger partial charge in [0.15, 0.2) is 0 Å². The smallest absolute Gasteiger partial charge is 0.241 e. The van der Waals surface area contributed by atoms with Crippen LogP contribution in [-0.2, 0) is 0 Å². The molecule has 0 fully saturated rings. The number of hydrogen-bond acceptors (Lipinski definition) is 8. The molecule has 7 nitrogen and oxygen atoms in total. The van der Waals surface area contributed by atoms with Crippen molar-refractivity contribution in [3.63, 3.8) is 0 Å². The number of thiazole rings is 1. The highest BCUT2D eigenvalue weighted by Gasteiger charge is 2.22. The molecule has 4 rings (SSSR count). The fourth-order valence-electron chi connectivity index (χ4n) is 2.17. The van der Waals surface area contributed by atoms with Crippen LogP contribution in [0.4, 0.5) is 5.88 Å². The maximum atomic E-state index is 8.06. The van der Waals surface area contributed by atoms with E-state index < -0.39 is 0 Å². The highest BCUT2D eigenvalue weighted by Crippen LogP contribution is 2.34. The second-order valence-electron chi connectivity index (χ2n) is 5.72. The van der Waals surface area contributed by atoms with Crippen LogP contribution >= 0.6 is 24.8 Å². The van der Waals surface area contributed by atoms with E-state index in [2.05, 4.69) is 20.3 Å². The third-order valence-corrected chi connectivity index (χ3v) is 4.23. The van der Waals surface area contributed by atoms with Gasteiger partial charge in [0, 0.05) is 37.0 Å². The van der Waals surface area contributed by atoms with Crippen LogP contribution < -0.4 is 5.32 Å². The Morgan fingerprint density at radius 3 is 2.55 bits per heavy atom. The van der Waals surface area contributed by atoms with Crippen molar-refractivity contribution >= 4 is 36.4 Å². The molecular weight excluding hydrogens is 406 g/mol. The molecule has 0 bridgehead atoms. The van der Waals surface area contributed by atoms with Crippen LogP contribution in [-0.4, -0.2) is 38.4 Å². The number of nitrogens with zero attached hydrogens (tertiary/aromatic N) is 3. The van der Waals surface area contributed by atoms with Crippen molar-refractivity contribution < 1.29 is 9.52 Å². The van der Waals surface area contributed by atoms with Gasteiger partial charge in [0.1, 0.15) is 15.6 Å². The first-order chi connectivity index (χ1) is 13.0. The Labute approximate surface area is 183 Å². The van der Waals surface area contributed by atoms with Crippen LogP contribution in [0.2, 0.25) is 0 Å². The van der Waals surface area contributed by atoms with E-state index in [0.29, 0.717) is 36.1 Å². The third kappa shape index (κ3) is 7.26. The van der Waals surface area contributed by atoms with Crippen molar-refractivity contribution in [3.05, 3.63) is 36.4 Å². The fourth-order valence-corrected chi connectivity index (χ4v) is 3.00. The molecule has 4 heterocycles. The van der Waals surface area contributed by atoms with Crippen molar-refractivity contribution in [1.82, 2.24) is 15.0 Å². The number of aliphatic hydroxyl groups excluding tert-OH is 1. The van der Waals surface area contributed by atoms with Crippen LogP contribution in [0.15, 0.2) is 35.1 Å². The van der Waals surface area contributed by atoms with Gasteiger partial charge in [-0.1, -0.05) is 21.3 Å². The molecular formula is C20H31N5O2S2. The molecule has 0 aromatic carbocycles. The minimum atomic E-state index is -0.167. The molecule has 9 heteroatoms. The SMILES string of the molecule is C.CC.CC(C)O.N=C1CCNc2oc(-c3cnc(-c4cccnc4)s3)nc21.S. The summed E-state index contributed by atoms with van der Waals surface area (Å²) in [4.78, 5) is 13.7. The summed E-state index contributed by atoms with van der Waals surface area (Å²) in [5, 5.41) is 20.0. The number of pyridine rings is 1. The zero-order chi connectivity index (χ0) is 19.8.